The SMILES string of the molecule is CCC(C)[C@@H](O[C-]=O)[C@H](C)CO[Si](c1ccccc1)(c1ccccc1)C(C)(C)C.[C-]#[O+].[C-]#[O+].[C-]#[O+].[CH3-].[Fe+2]. The van der Waals surface area contributed by atoms with Crippen LogP contribution in [-0.4, -0.2) is 27.5 Å². The number of carbonyl (C=O) groups excluding carboxylic acids is 1. The van der Waals surface area contributed by atoms with Crippen LogP contribution in [0.25, 0.3) is 0 Å². The van der Waals surface area contributed by atoms with Crippen molar-refractivity contribution < 1.29 is 45.0 Å². The number of ether oxygens (including phenoxy) is 1. The van der Waals surface area contributed by atoms with Crippen LogP contribution >= 0.6 is 0 Å². The van der Waals surface area contributed by atoms with Gasteiger partial charge in [-0.05, 0) is 21.3 Å². The van der Waals surface area contributed by atoms with Crippen LogP contribution in [0.2, 0.25) is 5.04 Å². The molecule has 0 amide bonds. The fraction of sp³-hybridized carbons (Fsp3) is 0.414. The molecule has 0 bridgehead atoms. The topological polar surface area (TPSA) is 95.2 Å². The van der Waals surface area contributed by atoms with Gasteiger partial charge in [0.05, 0.1) is 6.10 Å². The van der Waals surface area contributed by atoms with Crippen LogP contribution in [0.1, 0.15) is 48.0 Å². The Bertz CT molecular complexity index is 824. The van der Waals surface area contributed by atoms with Crippen LogP contribution in [0.3, 0.4) is 0 Å². The van der Waals surface area contributed by atoms with Crippen LogP contribution in [0.4, 0.5) is 0 Å². The van der Waals surface area contributed by atoms with E-state index < -0.39 is 8.32 Å². The molecule has 1 unspecified atom stereocenters. The fourth-order valence-corrected chi connectivity index (χ4v) is 8.86. The van der Waals surface area contributed by atoms with Gasteiger partial charge in [-0.1, -0.05) is 115 Å². The zero-order valence-electron chi connectivity index (χ0n) is 22.7. The molecule has 6 nitrogen and oxygen atoms in total. The van der Waals surface area contributed by atoms with E-state index in [2.05, 4.69) is 110 Å². The van der Waals surface area contributed by atoms with Crippen LogP contribution in [0.5, 0.6) is 0 Å². The van der Waals surface area contributed by atoms with E-state index in [1.807, 2.05) is 12.1 Å². The van der Waals surface area contributed by atoms with Crippen molar-refractivity contribution in [3.05, 3.63) is 88.0 Å². The van der Waals surface area contributed by atoms with Gasteiger partial charge in [-0.2, -0.15) is 0 Å². The van der Waals surface area contributed by atoms with Gasteiger partial charge in [0, 0.05) is 12.5 Å². The molecule has 8 heteroatoms. The van der Waals surface area contributed by atoms with Crippen LogP contribution in [0.15, 0.2) is 60.7 Å². The summed E-state index contributed by atoms with van der Waals surface area (Å²) in [6.45, 7) is 28.8. The van der Waals surface area contributed by atoms with Crippen molar-refractivity contribution in [2.75, 3.05) is 6.61 Å². The van der Waals surface area contributed by atoms with E-state index in [0.29, 0.717) is 6.61 Å². The molecule has 0 spiro atoms. The van der Waals surface area contributed by atoms with Crippen molar-refractivity contribution in [3.63, 3.8) is 0 Å². The van der Waals surface area contributed by atoms with Gasteiger partial charge in [-0.15, -0.1) is 0 Å². The minimum Gasteiger partial charge on any atom is -0.358 e. The van der Waals surface area contributed by atoms with Crippen LogP contribution in [0, 0.1) is 39.2 Å². The largest absolute Gasteiger partial charge is 2.00 e. The third-order valence-electron chi connectivity index (χ3n) is 5.93. The van der Waals surface area contributed by atoms with Crippen LogP contribution in [-0.2, 0) is 45.0 Å². The summed E-state index contributed by atoms with van der Waals surface area (Å²) >= 11 is 0. The molecule has 0 aliphatic rings. The molecule has 2 rings (SSSR count). The Balaban J connectivity index is -0.000000633. The van der Waals surface area contributed by atoms with E-state index in [1.54, 1.807) is 6.47 Å². The minimum absolute atomic E-state index is 0. The summed E-state index contributed by atoms with van der Waals surface area (Å²) in [7, 11) is -2.58. The van der Waals surface area contributed by atoms with Crippen molar-refractivity contribution in [1.29, 1.82) is 0 Å². The maximum Gasteiger partial charge on any atom is 2.00 e. The fourth-order valence-electron chi connectivity index (χ4n) is 4.19. The smallest absolute Gasteiger partial charge is 0.358 e. The second-order valence-corrected chi connectivity index (χ2v) is 13.3. The molecule has 202 valence electrons. The van der Waals surface area contributed by atoms with Gasteiger partial charge in [0.15, 0.2) is 0 Å². The Morgan fingerprint density at radius 3 is 1.51 bits per heavy atom. The van der Waals surface area contributed by atoms with Gasteiger partial charge in [0.25, 0.3) is 8.32 Å². The Morgan fingerprint density at radius 1 is 0.838 bits per heavy atom. The summed E-state index contributed by atoms with van der Waals surface area (Å²) in [5, 5.41) is 2.45. The van der Waals surface area contributed by atoms with E-state index in [-0.39, 0.29) is 47.5 Å². The second kappa shape index (κ2) is 23.0. The first-order valence-electron chi connectivity index (χ1n) is 11.2. The molecule has 0 aliphatic carbocycles. The molecule has 0 radical (unpaired) electrons. The Labute approximate surface area is 235 Å². The molecule has 0 saturated carbocycles. The first-order valence-corrected chi connectivity index (χ1v) is 13.1. The standard InChI is InChI=1S/C25H35O3Si.3CO.CH3.Fe/c1-7-20(2)24(27-19-26)21(3)18-28-29(25(4,5)6,22-14-10-8-11-15-22)23-16-12-9-13-17-23;3*1-2;;/h8-17,20-21,24H,7,18H2,1-6H3;;;;1H3;/q-1;;;;-1;+2/t20?,21-,24-;;;;;/m1...../s1. The zero-order valence-corrected chi connectivity index (χ0v) is 24.8. The minimum atomic E-state index is -2.58. The average molecular weight is 567 g/mol. The number of rotatable bonds is 10. The summed E-state index contributed by atoms with van der Waals surface area (Å²) in [4.78, 5) is 11.0. The monoisotopic (exact) mass is 566 g/mol. The summed E-state index contributed by atoms with van der Waals surface area (Å²) in [6, 6.07) is 21.2. The molecule has 0 fully saturated rings. The summed E-state index contributed by atoms with van der Waals surface area (Å²) in [5.74, 6) is 0.335. The predicted octanol–water partition coefficient (Wildman–Crippen LogP) is 5.03. The Kier molecular flexibility index (Phi) is 26.0. The number of benzene rings is 2. The van der Waals surface area contributed by atoms with E-state index in [9.17, 15) is 4.79 Å². The summed E-state index contributed by atoms with van der Waals surface area (Å²) < 4.78 is 34.8. The van der Waals surface area contributed by atoms with Crippen molar-refractivity contribution >= 4 is 25.2 Å². The molecule has 0 aliphatic heterocycles. The molecule has 3 atom stereocenters. The van der Waals surface area contributed by atoms with Crippen molar-refractivity contribution in [2.24, 2.45) is 11.8 Å². The molecule has 2 aromatic carbocycles. The molecular weight excluding hydrogens is 528 g/mol. The molecule has 0 heterocycles. The van der Waals surface area contributed by atoms with Crippen molar-refractivity contribution in [3.8, 4) is 0 Å². The second-order valence-electron chi connectivity index (χ2n) is 9.00. The quantitative estimate of drug-likeness (QED) is 0.229. The van der Waals surface area contributed by atoms with Crippen molar-refractivity contribution in [1.82, 2.24) is 0 Å². The van der Waals surface area contributed by atoms with Crippen LogP contribution < -0.4 is 10.4 Å². The summed E-state index contributed by atoms with van der Waals surface area (Å²) in [6.07, 6.45) is 0.742. The zero-order chi connectivity index (χ0) is 27.5. The van der Waals surface area contributed by atoms with E-state index in [0.717, 1.165) is 6.42 Å². The first-order chi connectivity index (χ1) is 16.8. The normalized spacial score (nSPS) is 12.2. The van der Waals surface area contributed by atoms with Gasteiger partial charge in [-0.25, -0.2) is 0 Å². The number of hydrogen-bond donors (Lipinski definition) is 0. The van der Waals surface area contributed by atoms with Gasteiger partial charge < -0.3 is 21.4 Å². The maximum absolute atomic E-state index is 11.0. The third kappa shape index (κ3) is 11.8. The van der Waals surface area contributed by atoms with Gasteiger partial charge in [0.1, 0.15) is 0 Å². The van der Waals surface area contributed by atoms with E-state index in [1.165, 1.54) is 10.4 Å². The van der Waals surface area contributed by atoms with Gasteiger partial charge in [0.2, 0.25) is 0 Å². The van der Waals surface area contributed by atoms with Crippen molar-refractivity contribution in [2.45, 2.75) is 59.1 Å². The van der Waals surface area contributed by atoms with E-state index in [4.69, 9.17) is 23.1 Å². The third-order valence-corrected chi connectivity index (χ3v) is 10.9. The Hall–Kier alpha value is -2.17. The first kappa shape index (κ1) is 41.9. The van der Waals surface area contributed by atoms with Gasteiger partial charge >= 0.3 is 51.0 Å². The maximum atomic E-state index is 11.0. The Morgan fingerprint density at radius 2 is 1.22 bits per heavy atom. The molecule has 37 heavy (non-hydrogen) atoms. The predicted molar refractivity (Wildman–Crippen MR) is 141 cm³/mol. The van der Waals surface area contributed by atoms with E-state index >= 15 is 0 Å². The molecule has 2 aromatic rings. The van der Waals surface area contributed by atoms with Gasteiger partial charge in [-0.3, -0.25) is 0 Å². The molecule has 0 N–H and O–H groups in total. The molecular formula is C29H38FeO6Si. The summed E-state index contributed by atoms with van der Waals surface area (Å²) in [5.41, 5.74) is 0. The molecule has 0 saturated heterocycles. The molecule has 0 aromatic heterocycles. The average Bonchev–Trinajstić information content (AvgIpc) is 2.91. The number of hydrogen-bond acceptors (Lipinski definition) is 3.